The predicted molar refractivity (Wildman–Crippen MR) is 68.1 cm³/mol. The Morgan fingerprint density at radius 3 is 2.53 bits per heavy atom. The fraction of sp³-hybridized carbons (Fsp3) is 0.0769. The molecule has 2 N–H and O–H groups in total. The van der Waals surface area contributed by atoms with Crippen LogP contribution in [0.5, 0.6) is 0 Å². The molecule has 0 aliphatic carbocycles. The summed E-state index contributed by atoms with van der Waals surface area (Å²) >= 11 is 0. The lowest BCUT2D eigenvalue weighted by atomic mass is 10.2. The van der Waals surface area contributed by atoms with E-state index < -0.39 is 17.5 Å². The Hall–Kier alpha value is -2.50. The van der Waals surface area contributed by atoms with Gasteiger partial charge in [0.15, 0.2) is 0 Å². The van der Waals surface area contributed by atoms with Crippen LogP contribution in [0.2, 0.25) is 0 Å². The molecule has 1 heterocycles. The van der Waals surface area contributed by atoms with Gasteiger partial charge >= 0.3 is 0 Å². The topological polar surface area (TPSA) is 54.0 Å². The number of rotatable bonds is 3. The molecule has 0 aliphatic rings. The Morgan fingerprint density at radius 2 is 1.89 bits per heavy atom. The van der Waals surface area contributed by atoms with E-state index in [9.17, 15) is 13.6 Å². The minimum Gasteiger partial charge on any atom is -0.386 e. The van der Waals surface area contributed by atoms with Gasteiger partial charge in [0.05, 0.1) is 17.4 Å². The molecule has 0 aliphatic heterocycles. The molecule has 0 spiro atoms. The molecule has 98 valence electrons. The average Bonchev–Trinajstić information content (AvgIpc) is 2.37. The van der Waals surface area contributed by atoms with E-state index in [0.29, 0.717) is 11.3 Å². The van der Waals surface area contributed by atoms with Crippen LogP contribution in [0.1, 0.15) is 10.4 Å². The van der Waals surface area contributed by atoms with Crippen LogP contribution in [-0.2, 0) is 0 Å². The lowest BCUT2D eigenvalue weighted by molar-refractivity contribution is 0.102. The second-order valence-corrected chi connectivity index (χ2v) is 3.78. The number of nitrogens with zero attached hydrogens (tertiary/aromatic N) is 1. The van der Waals surface area contributed by atoms with E-state index >= 15 is 0 Å². The molecule has 0 saturated carbocycles. The number of amides is 1. The highest BCUT2D eigenvalue weighted by Gasteiger charge is 2.11. The van der Waals surface area contributed by atoms with E-state index in [-0.39, 0.29) is 5.69 Å². The smallest absolute Gasteiger partial charge is 0.257 e. The molecule has 2 aromatic rings. The van der Waals surface area contributed by atoms with Gasteiger partial charge in [-0.1, -0.05) is 0 Å². The number of hydrogen-bond acceptors (Lipinski definition) is 3. The molecular weight excluding hydrogens is 252 g/mol. The number of benzene rings is 1. The number of anilines is 2. The largest absolute Gasteiger partial charge is 0.386 e. The van der Waals surface area contributed by atoms with Crippen molar-refractivity contribution in [3.05, 3.63) is 53.9 Å². The Kier molecular flexibility index (Phi) is 3.70. The summed E-state index contributed by atoms with van der Waals surface area (Å²) in [6, 6.07) is 4.33. The van der Waals surface area contributed by atoms with Crippen LogP contribution >= 0.6 is 0 Å². The molecule has 0 fully saturated rings. The minimum atomic E-state index is -0.751. The summed E-state index contributed by atoms with van der Waals surface area (Å²) in [6.45, 7) is 0. The summed E-state index contributed by atoms with van der Waals surface area (Å²) in [5.41, 5.74) is 0.917. The van der Waals surface area contributed by atoms with E-state index in [0.717, 1.165) is 18.2 Å². The third-order valence-electron chi connectivity index (χ3n) is 2.46. The third-order valence-corrected chi connectivity index (χ3v) is 2.46. The molecule has 4 nitrogen and oxygen atoms in total. The number of hydrogen-bond donors (Lipinski definition) is 2. The van der Waals surface area contributed by atoms with Crippen LogP contribution in [0, 0.1) is 11.6 Å². The molecule has 19 heavy (non-hydrogen) atoms. The summed E-state index contributed by atoms with van der Waals surface area (Å²) in [7, 11) is 1.65. The molecule has 0 atom stereocenters. The molecule has 1 aromatic heterocycles. The number of aromatic nitrogens is 1. The molecule has 0 saturated heterocycles. The van der Waals surface area contributed by atoms with Crippen molar-refractivity contribution in [2.75, 3.05) is 17.7 Å². The number of pyridine rings is 1. The van der Waals surface area contributed by atoms with Crippen molar-refractivity contribution in [2.24, 2.45) is 0 Å². The first-order valence-electron chi connectivity index (χ1n) is 5.49. The van der Waals surface area contributed by atoms with Gasteiger partial charge in [-0.05, 0) is 18.2 Å². The summed E-state index contributed by atoms with van der Waals surface area (Å²) in [5.74, 6) is -1.98. The molecule has 6 heteroatoms. The number of carbonyl (C=O) groups is 1. The monoisotopic (exact) mass is 263 g/mol. The second-order valence-electron chi connectivity index (χ2n) is 3.78. The number of carbonyl (C=O) groups excluding carboxylic acids is 1. The van der Waals surface area contributed by atoms with Crippen LogP contribution in [0.15, 0.2) is 36.7 Å². The minimum absolute atomic E-state index is 0.0568. The predicted octanol–water partition coefficient (Wildman–Crippen LogP) is 2.65. The van der Waals surface area contributed by atoms with Gasteiger partial charge in [0.2, 0.25) is 0 Å². The van der Waals surface area contributed by atoms with Gasteiger partial charge in [-0.3, -0.25) is 9.78 Å². The highest BCUT2D eigenvalue weighted by atomic mass is 19.1. The highest BCUT2D eigenvalue weighted by molar-refractivity contribution is 6.07. The lowest BCUT2D eigenvalue weighted by Gasteiger charge is -2.09. The van der Waals surface area contributed by atoms with Crippen LogP contribution in [0.4, 0.5) is 20.2 Å². The zero-order valence-electron chi connectivity index (χ0n) is 10.1. The molecule has 1 aromatic carbocycles. The Balaban J connectivity index is 2.25. The van der Waals surface area contributed by atoms with Crippen molar-refractivity contribution in [1.82, 2.24) is 4.98 Å². The van der Waals surface area contributed by atoms with Gasteiger partial charge < -0.3 is 10.6 Å². The van der Waals surface area contributed by atoms with Crippen molar-refractivity contribution < 1.29 is 13.6 Å². The van der Waals surface area contributed by atoms with E-state index in [1.54, 1.807) is 7.05 Å². The second kappa shape index (κ2) is 5.43. The van der Waals surface area contributed by atoms with Gasteiger partial charge in [0.1, 0.15) is 11.6 Å². The Labute approximate surface area is 108 Å². The normalized spacial score (nSPS) is 10.1. The van der Waals surface area contributed by atoms with E-state index in [2.05, 4.69) is 15.6 Å². The van der Waals surface area contributed by atoms with Crippen LogP contribution < -0.4 is 10.6 Å². The summed E-state index contributed by atoms with van der Waals surface area (Å²) in [4.78, 5) is 15.9. The zero-order valence-corrected chi connectivity index (χ0v) is 10.1. The summed E-state index contributed by atoms with van der Waals surface area (Å²) in [6.07, 6.45) is 2.95. The van der Waals surface area contributed by atoms with Gasteiger partial charge in [-0.25, -0.2) is 8.78 Å². The number of nitrogens with one attached hydrogen (secondary N) is 2. The zero-order chi connectivity index (χ0) is 13.8. The van der Waals surface area contributed by atoms with Crippen LogP contribution in [-0.4, -0.2) is 17.9 Å². The maximum atomic E-state index is 13.0. The molecule has 0 radical (unpaired) electrons. The molecular formula is C13H11F2N3O. The first kappa shape index (κ1) is 12.9. The number of halogens is 2. The SMILES string of the molecule is CNc1cnccc1C(=O)Nc1cc(F)cc(F)c1. The van der Waals surface area contributed by atoms with Gasteiger partial charge in [0.25, 0.3) is 5.91 Å². The van der Waals surface area contributed by atoms with Crippen molar-refractivity contribution in [2.45, 2.75) is 0 Å². The first-order chi connectivity index (χ1) is 9.10. The summed E-state index contributed by atoms with van der Waals surface area (Å²) in [5, 5.41) is 5.24. The average molecular weight is 263 g/mol. The molecule has 0 bridgehead atoms. The van der Waals surface area contributed by atoms with E-state index in [4.69, 9.17) is 0 Å². The van der Waals surface area contributed by atoms with Crippen molar-refractivity contribution in [1.29, 1.82) is 0 Å². The van der Waals surface area contributed by atoms with Gasteiger partial charge in [0, 0.05) is 25.0 Å². The van der Waals surface area contributed by atoms with E-state index in [1.165, 1.54) is 18.5 Å². The van der Waals surface area contributed by atoms with E-state index in [1.807, 2.05) is 0 Å². The van der Waals surface area contributed by atoms with Crippen molar-refractivity contribution >= 4 is 17.3 Å². The fourth-order valence-electron chi connectivity index (χ4n) is 1.62. The third kappa shape index (κ3) is 3.04. The maximum Gasteiger partial charge on any atom is 0.257 e. The van der Waals surface area contributed by atoms with Gasteiger partial charge in [-0.2, -0.15) is 0 Å². The lowest BCUT2D eigenvalue weighted by Crippen LogP contribution is -2.14. The molecule has 2 rings (SSSR count). The Bertz CT molecular complexity index is 596. The molecule has 0 unspecified atom stereocenters. The maximum absolute atomic E-state index is 13.0. The summed E-state index contributed by atoms with van der Waals surface area (Å²) < 4.78 is 26.0. The first-order valence-corrected chi connectivity index (χ1v) is 5.49. The van der Waals surface area contributed by atoms with Crippen molar-refractivity contribution in [3.8, 4) is 0 Å². The van der Waals surface area contributed by atoms with Crippen LogP contribution in [0.25, 0.3) is 0 Å². The van der Waals surface area contributed by atoms with Gasteiger partial charge in [-0.15, -0.1) is 0 Å². The quantitative estimate of drug-likeness (QED) is 0.895. The molecule has 1 amide bonds. The fourth-order valence-corrected chi connectivity index (χ4v) is 1.62. The van der Waals surface area contributed by atoms with Crippen molar-refractivity contribution in [3.63, 3.8) is 0 Å². The Morgan fingerprint density at radius 1 is 1.21 bits per heavy atom. The van der Waals surface area contributed by atoms with Crippen LogP contribution in [0.3, 0.4) is 0 Å². The highest BCUT2D eigenvalue weighted by Crippen LogP contribution is 2.17. The standard InChI is InChI=1S/C13H11F2N3O/c1-16-12-7-17-3-2-11(12)13(19)18-10-5-8(14)4-9(15)6-10/h2-7,16H,1H3,(H,18,19).